The monoisotopic (exact) mass is 373 g/mol. The Morgan fingerprint density at radius 1 is 0.964 bits per heavy atom. The van der Waals surface area contributed by atoms with Crippen LogP contribution in [0.2, 0.25) is 0 Å². The highest BCUT2D eigenvalue weighted by Gasteiger charge is 2.24. The van der Waals surface area contributed by atoms with E-state index in [1.54, 1.807) is 5.48 Å². The molecule has 0 aromatic heterocycles. The Morgan fingerprint density at radius 3 is 2.46 bits per heavy atom. The molecule has 142 valence electrons. The van der Waals surface area contributed by atoms with Crippen LogP contribution in [0.15, 0.2) is 72.8 Å². The van der Waals surface area contributed by atoms with Gasteiger partial charge in [0.05, 0.1) is 0 Å². The van der Waals surface area contributed by atoms with Crippen LogP contribution in [0.4, 0.5) is 0 Å². The summed E-state index contributed by atoms with van der Waals surface area (Å²) in [7, 11) is 0. The number of rotatable bonds is 5. The Kier molecular flexibility index (Phi) is 5.40. The van der Waals surface area contributed by atoms with E-state index in [0.717, 1.165) is 35.3 Å². The maximum Gasteiger partial charge on any atom is 0.246 e. The van der Waals surface area contributed by atoms with E-state index >= 15 is 0 Å². The fourth-order valence-electron chi connectivity index (χ4n) is 3.74. The molecule has 0 saturated carbocycles. The molecule has 1 amide bonds. The van der Waals surface area contributed by atoms with Gasteiger partial charge in [0.25, 0.3) is 0 Å². The van der Waals surface area contributed by atoms with Gasteiger partial charge in [-0.2, -0.15) is 0 Å². The molecular weight excluding hydrogens is 350 g/mol. The van der Waals surface area contributed by atoms with Crippen LogP contribution < -0.4 is 10.2 Å². The van der Waals surface area contributed by atoms with Crippen molar-refractivity contribution in [1.82, 2.24) is 5.48 Å². The Labute approximate surface area is 164 Å². The zero-order chi connectivity index (χ0) is 19.3. The standard InChI is InChI=1S/C24H23NO3/c26-24(25-27)21-9-7-19-6-8-20(14-22(19)15-21)18-10-12-23(13-11-18)28-16-17-4-2-1-3-5-17/h1-6,8,10-14,21,27H,7,9,15-16H2,(H,25,26). The summed E-state index contributed by atoms with van der Waals surface area (Å²) in [5.74, 6) is 0.378. The number of amides is 1. The number of hydrogen-bond acceptors (Lipinski definition) is 3. The summed E-state index contributed by atoms with van der Waals surface area (Å²) in [6, 6.07) is 24.6. The zero-order valence-electron chi connectivity index (χ0n) is 15.6. The fourth-order valence-corrected chi connectivity index (χ4v) is 3.74. The number of nitrogens with one attached hydrogen (secondary N) is 1. The van der Waals surface area contributed by atoms with Crippen LogP contribution in [0, 0.1) is 5.92 Å². The topological polar surface area (TPSA) is 58.6 Å². The average molecular weight is 373 g/mol. The molecule has 0 saturated heterocycles. The van der Waals surface area contributed by atoms with E-state index in [2.05, 4.69) is 30.3 Å². The molecule has 0 fully saturated rings. The lowest BCUT2D eigenvalue weighted by Gasteiger charge is -2.23. The summed E-state index contributed by atoms with van der Waals surface area (Å²) < 4.78 is 5.86. The first-order valence-corrected chi connectivity index (χ1v) is 9.56. The first kappa shape index (κ1) is 18.3. The lowest BCUT2D eigenvalue weighted by molar-refractivity contribution is -0.133. The van der Waals surface area contributed by atoms with Crippen LogP contribution >= 0.6 is 0 Å². The maximum absolute atomic E-state index is 11.8. The van der Waals surface area contributed by atoms with E-state index in [9.17, 15) is 4.79 Å². The van der Waals surface area contributed by atoms with Crippen LogP contribution in [-0.2, 0) is 24.2 Å². The second-order valence-corrected chi connectivity index (χ2v) is 7.20. The molecule has 2 N–H and O–H groups in total. The minimum absolute atomic E-state index is 0.165. The van der Waals surface area contributed by atoms with Gasteiger partial charge in [-0.15, -0.1) is 0 Å². The third kappa shape index (κ3) is 4.07. The largest absolute Gasteiger partial charge is 0.489 e. The molecule has 4 heteroatoms. The van der Waals surface area contributed by atoms with Crippen molar-refractivity contribution < 1.29 is 14.7 Å². The highest BCUT2D eigenvalue weighted by Crippen LogP contribution is 2.31. The van der Waals surface area contributed by atoms with Gasteiger partial charge in [0.1, 0.15) is 12.4 Å². The molecule has 0 heterocycles. The van der Waals surface area contributed by atoms with Crippen molar-refractivity contribution in [3.8, 4) is 16.9 Å². The fraction of sp³-hybridized carbons (Fsp3) is 0.208. The second kappa shape index (κ2) is 8.28. The lowest BCUT2D eigenvalue weighted by atomic mass is 9.82. The van der Waals surface area contributed by atoms with E-state index in [0.29, 0.717) is 13.0 Å². The highest BCUT2D eigenvalue weighted by atomic mass is 16.5. The number of ether oxygens (including phenoxy) is 1. The minimum Gasteiger partial charge on any atom is -0.489 e. The zero-order valence-corrected chi connectivity index (χ0v) is 15.6. The molecular formula is C24H23NO3. The molecule has 28 heavy (non-hydrogen) atoms. The summed E-state index contributed by atoms with van der Waals surface area (Å²) >= 11 is 0. The van der Waals surface area contributed by atoms with Crippen molar-refractivity contribution in [1.29, 1.82) is 0 Å². The predicted molar refractivity (Wildman–Crippen MR) is 108 cm³/mol. The number of benzene rings is 3. The van der Waals surface area contributed by atoms with Crippen molar-refractivity contribution in [2.24, 2.45) is 5.92 Å². The quantitative estimate of drug-likeness (QED) is 0.510. The van der Waals surface area contributed by atoms with Gasteiger partial charge < -0.3 is 4.74 Å². The van der Waals surface area contributed by atoms with E-state index in [1.165, 1.54) is 11.1 Å². The second-order valence-electron chi connectivity index (χ2n) is 7.20. The summed E-state index contributed by atoms with van der Waals surface area (Å²) in [5, 5.41) is 8.90. The van der Waals surface area contributed by atoms with Gasteiger partial charge in [0.2, 0.25) is 5.91 Å². The number of hydrogen-bond donors (Lipinski definition) is 2. The molecule has 4 rings (SSSR count). The van der Waals surface area contributed by atoms with E-state index in [1.807, 2.05) is 42.5 Å². The maximum atomic E-state index is 11.8. The van der Waals surface area contributed by atoms with Crippen LogP contribution in [0.1, 0.15) is 23.1 Å². The molecule has 1 unspecified atom stereocenters. The molecule has 0 radical (unpaired) electrons. The van der Waals surface area contributed by atoms with E-state index in [4.69, 9.17) is 9.94 Å². The summed E-state index contributed by atoms with van der Waals surface area (Å²) in [5.41, 5.74) is 7.64. The number of fused-ring (bicyclic) bond motifs is 1. The molecule has 1 aliphatic rings. The van der Waals surface area contributed by atoms with Crippen LogP contribution in [0.25, 0.3) is 11.1 Å². The smallest absolute Gasteiger partial charge is 0.246 e. The van der Waals surface area contributed by atoms with Crippen molar-refractivity contribution in [2.45, 2.75) is 25.9 Å². The molecule has 3 aromatic rings. The van der Waals surface area contributed by atoms with Gasteiger partial charge in [-0.05, 0) is 59.2 Å². The molecule has 0 bridgehead atoms. The van der Waals surface area contributed by atoms with Gasteiger partial charge >= 0.3 is 0 Å². The van der Waals surface area contributed by atoms with Gasteiger partial charge in [-0.25, -0.2) is 5.48 Å². The minimum atomic E-state index is -0.295. The number of carbonyl (C=O) groups excluding carboxylic acids is 1. The molecule has 0 spiro atoms. The third-order valence-corrected chi connectivity index (χ3v) is 5.35. The molecule has 3 aromatic carbocycles. The number of carbonyl (C=O) groups is 1. The van der Waals surface area contributed by atoms with Gasteiger partial charge in [-0.1, -0.05) is 60.7 Å². The molecule has 4 nitrogen and oxygen atoms in total. The van der Waals surface area contributed by atoms with Crippen molar-refractivity contribution in [3.63, 3.8) is 0 Å². The Balaban J connectivity index is 1.46. The molecule has 1 aliphatic carbocycles. The average Bonchev–Trinajstić information content (AvgIpc) is 2.77. The first-order chi connectivity index (χ1) is 13.7. The van der Waals surface area contributed by atoms with Gasteiger partial charge in [0.15, 0.2) is 0 Å². The highest BCUT2D eigenvalue weighted by molar-refractivity contribution is 5.78. The Bertz CT molecular complexity index is 951. The third-order valence-electron chi connectivity index (χ3n) is 5.35. The summed E-state index contributed by atoms with van der Waals surface area (Å²) in [6.45, 7) is 0.549. The Morgan fingerprint density at radius 2 is 1.71 bits per heavy atom. The van der Waals surface area contributed by atoms with Crippen molar-refractivity contribution >= 4 is 5.91 Å². The van der Waals surface area contributed by atoms with Crippen molar-refractivity contribution in [3.05, 3.63) is 89.5 Å². The van der Waals surface area contributed by atoms with Gasteiger partial charge in [0, 0.05) is 5.92 Å². The van der Waals surface area contributed by atoms with Crippen LogP contribution in [0.5, 0.6) is 5.75 Å². The lowest BCUT2D eigenvalue weighted by Crippen LogP contribution is -2.31. The van der Waals surface area contributed by atoms with E-state index in [-0.39, 0.29) is 11.8 Å². The summed E-state index contributed by atoms with van der Waals surface area (Å²) in [4.78, 5) is 11.8. The SMILES string of the molecule is O=C(NO)C1CCc2ccc(-c3ccc(OCc4ccccc4)cc3)cc2C1. The molecule has 0 aliphatic heterocycles. The number of aryl methyl sites for hydroxylation is 1. The van der Waals surface area contributed by atoms with E-state index < -0.39 is 0 Å². The van der Waals surface area contributed by atoms with Gasteiger partial charge in [-0.3, -0.25) is 10.0 Å². The van der Waals surface area contributed by atoms with Crippen molar-refractivity contribution in [2.75, 3.05) is 0 Å². The Hall–Kier alpha value is -3.11. The van der Waals surface area contributed by atoms with Crippen LogP contribution in [-0.4, -0.2) is 11.1 Å². The summed E-state index contributed by atoms with van der Waals surface area (Å²) in [6.07, 6.45) is 2.29. The normalized spacial score (nSPS) is 15.5. The first-order valence-electron chi connectivity index (χ1n) is 9.56. The molecule has 1 atom stereocenters. The predicted octanol–water partition coefficient (Wildman–Crippen LogP) is 4.54. The number of hydroxylamine groups is 1. The van der Waals surface area contributed by atoms with Crippen LogP contribution in [0.3, 0.4) is 0 Å².